The molecular formula is C17H27N3O. The van der Waals surface area contributed by atoms with Gasteiger partial charge in [-0.15, -0.1) is 0 Å². The Bertz CT molecular complexity index is 501. The van der Waals surface area contributed by atoms with Gasteiger partial charge in [0.05, 0.1) is 6.54 Å². The molecule has 1 aromatic rings. The molecule has 1 amide bonds. The van der Waals surface area contributed by atoms with Crippen LogP contribution in [0, 0.1) is 0 Å². The predicted octanol–water partition coefficient (Wildman–Crippen LogP) is 2.37. The van der Waals surface area contributed by atoms with Crippen LogP contribution in [0.15, 0.2) is 18.2 Å². The molecule has 4 heteroatoms. The van der Waals surface area contributed by atoms with Crippen LogP contribution in [0.5, 0.6) is 0 Å². The fourth-order valence-electron chi connectivity index (χ4n) is 2.72. The van der Waals surface area contributed by atoms with Gasteiger partial charge in [-0.05, 0) is 44.1 Å². The van der Waals surface area contributed by atoms with Crippen LogP contribution in [0.2, 0.25) is 0 Å². The molecule has 1 heterocycles. The molecule has 2 rings (SSSR count). The average Bonchev–Trinajstić information content (AvgIpc) is 2.85. The Morgan fingerprint density at radius 3 is 2.81 bits per heavy atom. The largest absolute Gasteiger partial charge is 0.374 e. The van der Waals surface area contributed by atoms with Gasteiger partial charge < -0.3 is 9.80 Å². The lowest BCUT2D eigenvalue weighted by atomic mass is 10.1. The number of rotatable bonds is 6. The number of nitrogens with zero attached hydrogens (tertiary/aromatic N) is 3. The number of hydrogen-bond donors (Lipinski definition) is 0. The molecule has 1 aliphatic rings. The summed E-state index contributed by atoms with van der Waals surface area (Å²) in [6, 6.07) is 6.34. The molecule has 21 heavy (non-hydrogen) atoms. The van der Waals surface area contributed by atoms with Crippen molar-refractivity contribution in [1.82, 2.24) is 4.90 Å². The Balaban J connectivity index is 2.01. The third-order valence-corrected chi connectivity index (χ3v) is 4.26. The molecular weight excluding hydrogens is 262 g/mol. The lowest BCUT2D eigenvalue weighted by molar-refractivity contribution is -0.119. The summed E-state index contributed by atoms with van der Waals surface area (Å²) in [6.07, 6.45) is 3.40. The van der Waals surface area contributed by atoms with Gasteiger partial charge in [0, 0.05) is 32.0 Å². The Labute approximate surface area is 128 Å². The molecule has 0 spiro atoms. The van der Waals surface area contributed by atoms with Crippen LogP contribution in [0.1, 0.15) is 25.3 Å². The van der Waals surface area contributed by atoms with Crippen molar-refractivity contribution in [2.75, 3.05) is 50.6 Å². The number of benzene rings is 1. The first-order chi connectivity index (χ1) is 10.0. The van der Waals surface area contributed by atoms with Crippen molar-refractivity contribution in [3.05, 3.63) is 23.8 Å². The number of unbranched alkanes of at least 4 members (excludes halogenated alkanes) is 1. The Kier molecular flexibility index (Phi) is 5.23. The molecule has 0 fully saturated rings. The quantitative estimate of drug-likeness (QED) is 0.804. The van der Waals surface area contributed by atoms with E-state index < -0.39 is 0 Å². The van der Waals surface area contributed by atoms with Crippen molar-refractivity contribution in [2.45, 2.75) is 26.2 Å². The number of likely N-dealkylation sites (N-methyl/N-ethyl adjacent to an activating group) is 3. The highest BCUT2D eigenvalue weighted by Gasteiger charge is 2.19. The van der Waals surface area contributed by atoms with Gasteiger partial charge >= 0.3 is 0 Å². The fourth-order valence-corrected chi connectivity index (χ4v) is 2.72. The maximum Gasteiger partial charge on any atom is 0.240 e. The summed E-state index contributed by atoms with van der Waals surface area (Å²) in [5.41, 5.74) is 3.62. The Morgan fingerprint density at radius 2 is 2.10 bits per heavy atom. The second-order valence-corrected chi connectivity index (χ2v) is 6.03. The van der Waals surface area contributed by atoms with Gasteiger partial charge in [-0.1, -0.05) is 19.4 Å². The second kappa shape index (κ2) is 6.94. The van der Waals surface area contributed by atoms with Crippen LogP contribution in [0.3, 0.4) is 0 Å². The molecule has 0 saturated heterocycles. The number of amides is 1. The van der Waals surface area contributed by atoms with Crippen LogP contribution in [0.25, 0.3) is 0 Å². The number of hydrogen-bond acceptors (Lipinski definition) is 3. The van der Waals surface area contributed by atoms with Crippen molar-refractivity contribution in [1.29, 1.82) is 0 Å². The molecule has 0 bridgehead atoms. The van der Waals surface area contributed by atoms with Gasteiger partial charge in [-0.3, -0.25) is 9.69 Å². The SMILES string of the molecule is CCCCN(C)CC(=O)N(C)c1ccc2c(c1)N(C)CC2. The summed E-state index contributed by atoms with van der Waals surface area (Å²) in [6.45, 7) is 4.69. The minimum Gasteiger partial charge on any atom is -0.374 e. The average molecular weight is 289 g/mol. The highest BCUT2D eigenvalue weighted by atomic mass is 16.2. The molecule has 0 unspecified atom stereocenters. The van der Waals surface area contributed by atoms with Crippen molar-refractivity contribution in [2.24, 2.45) is 0 Å². The Morgan fingerprint density at radius 1 is 1.33 bits per heavy atom. The standard InChI is InChI=1S/C17H27N3O/c1-5-6-10-18(2)13-17(21)20(4)15-8-7-14-9-11-19(3)16(14)12-15/h7-8,12H,5-6,9-11,13H2,1-4H3. The third kappa shape index (κ3) is 3.76. The smallest absolute Gasteiger partial charge is 0.240 e. The van der Waals surface area contributed by atoms with Gasteiger partial charge in [0.25, 0.3) is 0 Å². The first-order valence-corrected chi connectivity index (χ1v) is 7.82. The van der Waals surface area contributed by atoms with Crippen LogP contribution in [-0.2, 0) is 11.2 Å². The zero-order valence-corrected chi connectivity index (χ0v) is 13.7. The molecule has 0 aromatic heterocycles. The normalized spacial score (nSPS) is 13.7. The van der Waals surface area contributed by atoms with E-state index in [1.54, 1.807) is 4.90 Å². The van der Waals surface area contributed by atoms with E-state index in [4.69, 9.17) is 0 Å². The van der Waals surface area contributed by atoms with E-state index in [2.05, 4.69) is 42.0 Å². The summed E-state index contributed by atoms with van der Waals surface area (Å²) in [5, 5.41) is 0. The molecule has 0 atom stereocenters. The van der Waals surface area contributed by atoms with Crippen LogP contribution >= 0.6 is 0 Å². The van der Waals surface area contributed by atoms with E-state index >= 15 is 0 Å². The van der Waals surface area contributed by atoms with Gasteiger partial charge in [-0.2, -0.15) is 0 Å². The first kappa shape index (κ1) is 15.8. The van der Waals surface area contributed by atoms with Crippen molar-refractivity contribution >= 4 is 17.3 Å². The summed E-state index contributed by atoms with van der Waals surface area (Å²) < 4.78 is 0. The maximum atomic E-state index is 12.4. The zero-order chi connectivity index (χ0) is 15.4. The summed E-state index contributed by atoms with van der Waals surface area (Å²) >= 11 is 0. The van der Waals surface area contributed by atoms with Gasteiger partial charge in [0.15, 0.2) is 0 Å². The molecule has 0 radical (unpaired) electrons. The van der Waals surface area contributed by atoms with Crippen molar-refractivity contribution in [3.8, 4) is 0 Å². The zero-order valence-electron chi connectivity index (χ0n) is 13.7. The predicted molar refractivity (Wildman–Crippen MR) is 89.2 cm³/mol. The monoisotopic (exact) mass is 289 g/mol. The maximum absolute atomic E-state index is 12.4. The van der Waals surface area contributed by atoms with Crippen LogP contribution in [-0.4, -0.2) is 51.6 Å². The lowest BCUT2D eigenvalue weighted by Gasteiger charge is -2.23. The lowest BCUT2D eigenvalue weighted by Crippen LogP contribution is -2.37. The van der Waals surface area contributed by atoms with E-state index in [0.717, 1.165) is 38.0 Å². The number of fused-ring (bicyclic) bond motifs is 1. The Hall–Kier alpha value is -1.55. The molecule has 116 valence electrons. The molecule has 0 aliphatic carbocycles. The number of carbonyl (C=O) groups is 1. The van der Waals surface area contributed by atoms with Gasteiger partial charge in [-0.25, -0.2) is 0 Å². The highest BCUT2D eigenvalue weighted by Crippen LogP contribution is 2.30. The molecule has 0 N–H and O–H groups in total. The van der Waals surface area contributed by atoms with Crippen molar-refractivity contribution in [3.63, 3.8) is 0 Å². The van der Waals surface area contributed by atoms with Crippen molar-refractivity contribution < 1.29 is 4.79 Å². The summed E-state index contributed by atoms with van der Waals surface area (Å²) in [7, 11) is 5.99. The molecule has 1 aliphatic heterocycles. The molecule has 0 saturated carbocycles. The highest BCUT2D eigenvalue weighted by molar-refractivity contribution is 5.95. The van der Waals surface area contributed by atoms with Gasteiger partial charge in [0.1, 0.15) is 0 Å². The summed E-state index contributed by atoms with van der Waals surface area (Å²) in [4.78, 5) is 18.5. The topological polar surface area (TPSA) is 26.8 Å². The first-order valence-electron chi connectivity index (χ1n) is 7.82. The van der Waals surface area contributed by atoms with E-state index in [9.17, 15) is 4.79 Å². The third-order valence-electron chi connectivity index (χ3n) is 4.26. The minimum atomic E-state index is 0.147. The van der Waals surface area contributed by atoms with E-state index in [1.165, 1.54) is 11.3 Å². The number of carbonyl (C=O) groups excluding carboxylic acids is 1. The van der Waals surface area contributed by atoms with E-state index in [1.807, 2.05) is 14.1 Å². The summed E-state index contributed by atoms with van der Waals surface area (Å²) in [5.74, 6) is 0.147. The van der Waals surface area contributed by atoms with Crippen LogP contribution < -0.4 is 9.80 Å². The minimum absolute atomic E-state index is 0.147. The van der Waals surface area contributed by atoms with E-state index in [-0.39, 0.29) is 5.91 Å². The number of anilines is 2. The van der Waals surface area contributed by atoms with E-state index in [0.29, 0.717) is 6.54 Å². The van der Waals surface area contributed by atoms with Gasteiger partial charge in [0.2, 0.25) is 5.91 Å². The second-order valence-electron chi connectivity index (χ2n) is 6.03. The molecule has 1 aromatic carbocycles. The fraction of sp³-hybridized carbons (Fsp3) is 0.588. The van der Waals surface area contributed by atoms with Crippen LogP contribution in [0.4, 0.5) is 11.4 Å². The molecule has 4 nitrogen and oxygen atoms in total.